The molecule has 0 bridgehead atoms. The van der Waals surface area contributed by atoms with Gasteiger partial charge < -0.3 is 9.72 Å². The highest BCUT2D eigenvalue weighted by atomic mass is 19.3. The predicted molar refractivity (Wildman–Crippen MR) is 111 cm³/mol. The Balaban J connectivity index is 1.71. The van der Waals surface area contributed by atoms with Crippen molar-refractivity contribution in [3.63, 3.8) is 0 Å². The van der Waals surface area contributed by atoms with Crippen LogP contribution in [-0.2, 0) is 0 Å². The SMILES string of the molecule is COc1c([C@@H]2[C@@H]3CCC(F)(F)[C@@H]3C[C@H]2c2cc(=O)c3c(C#N)nccc3[nH]2)ccc(F)c1F. The van der Waals surface area contributed by atoms with Gasteiger partial charge in [-0.2, -0.15) is 9.65 Å². The zero-order valence-electron chi connectivity index (χ0n) is 17.5. The van der Waals surface area contributed by atoms with Crippen molar-refractivity contribution in [2.75, 3.05) is 7.11 Å². The van der Waals surface area contributed by atoms with Crippen LogP contribution in [0.1, 0.15) is 48.0 Å². The highest BCUT2D eigenvalue weighted by molar-refractivity contribution is 5.82. The number of nitrogens with one attached hydrogen (secondary N) is 1. The lowest BCUT2D eigenvalue weighted by atomic mass is 9.80. The van der Waals surface area contributed by atoms with Crippen molar-refractivity contribution in [1.82, 2.24) is 9.97 Å². The summed E-state index contributed by atoms with van der Waals surface area (Å²) in [6.07, 6.45) is 1.40. The molecule has 2 saturated carbocycles. The van der Waals surface area contributed by atoms with E-state index in [0.29, 0.717) is 16.8 Å². The lowest BCUT2D eigenvalue weighted by molar-refractivity contribution is -0.0415. The Morgan fingerprint density at radius 1 is 1.27 bits per heavy atom. The number of benzene rings is 1. The minimum absolute atomic E-state index is 0.0334. The molecular formula is C24H19F4N3O2. The maximum Gasteiger partial charge on any atom is 0.251 e. The van der Waals surface area contributed by atoms with Gasteiger partial charge in [-0.25, -0.2) is 18.2 Å². The van der Waals surface area contributed by atoms with E-state index in [2.05, 4.69) is 9.97 Å². The van der Waals surface area contributed by atoms with E-state index in [0.717, 1.165) is 6.07 Å². The summed E-state index contributed by atoms with van der Waals surface area (Å²) in [6.45, 7) is 0. The van der Waals surface area contributed by atoms with Gasteiger partial charge in [-0.1, -0.05) is 6.07 Å². The number of nitriles is 1. The molecule has 33 heavy (non-hydrogen) atoms. The Hall–Kier alpha value is -3.41. The molecule has 0 spiro atoms. The van der Waals surface area contributed by atoms with Crippen molar-refractivity contribution in [1.29, 1.82) is 5.26 Å². The molecule has 0 unspecified atom stereocenters. The standard InChI is InChI=1S/C24H19F4N3O2/c1-33-23-12(2-3-15(25)22(23)26)20-11-4-6-24(27,28)14(11)8-13(20)17-9-19(32)21-16(31-17)5-7-30-18(21)10-29/h2-3,5,7,9,11,13-14,20H,4,6,8H2,1H3,(H,31,32)/t11-,13+,14-,20+/m1/s1. The van der Waals surface area contributed by atoms with Gasteiger partial charge in [0.2, 0.25) is 5.82 Å². The van der Waals surface area contributed by atoms with Crippen LogP contribution in [0.25, 0.3) is 10.9 Å². The quantitative estimate of drug-likeness (QED) is 0.561. The number of pyridine rings is 2. The van der Waals surface area contributed by atoms with E-state index in [4.69, 9.17) is 4.74 Å². The van der Waals surface area contributed by atoms with Crippen LogP contribution in [0.5, 0.6) is 5.75 Å². The lowest BCUT2D eigenvalue weighted by Gasteiger charge is -2.27. The number of H-pyrrole nitrogens is 1. The Morgan fingerprint density at radius 2 is 2.06 bits per heavy atom. The number of nitrogens with zero attached hydrogens (tertiary/aromatic N) is 2. The van der Waals surface area contributed by atoms with Crippen molar-refractivity contribution in [2.45, 2.75) is 37.0 Å². The van der Waals surface area contributed by atoms with E-state index in [-0.39, 0.29) is 36.1 Å². The van der Waals surface area contributed by atoms with Gasteiger partial charge >= 0.3 is 0 Å². The summed E-state index contributed by atoms with van der Waals surface area (Å²) < 4.78 is 63.1. The largest absolute Gasteiger partial charge is 0.493 e. The van der Waals surface area contributed by atoms with Crippen LogP contribution < -0.4 is 10.2 Å². The van der Waals surface area contributed by atoms with E-state index in [1.54, 1.807) is 6.07 Å². The highest BCUT2D eigenvalue weighted by Crippen LogP contribution is 2.63. The smallest absolute Gasteiger partial charge is 0.251 e. The monoisotopic (exact) mass is 457 g/mol. The zero-order chi connectivity index (χ0) is 23.5. The van der Waals surface area contributed by atoms with Gasteiger partial charge in [0.25, 0.3) is 5.92 Å². The fraction of sp³-hybridized carbons (Fsp3) is 0.375. The van der Waals surface area contributed by atoms with Gasteiger partial charge in [0, 0.05) is 41.8 Å². The second-order valence-electron chi connectivity index (χ2n) is 8.70. The van der Waals surface area contributed by atoms with Gasteiger partial charge in [0.05, 0.1) is 18.0 Å². The number of hydrogen-bond donors (Lipinski definition) is 1. The molecule has 0 amide bonds. The molecule has 170 valence electrons. The first-order chi connectivity index (χ1) is 15.8. The summed E-state index contributed by atoms with van der Waals surface area (Å²) >= 11 is 0. The number of alkyl halides is 2. The first kappa shape index (κ1) is 21.4. The zero-order valence-corrected chi connectivity index (χ0v) is 17.5. The van der Waals surface area contributed by atoms with Crippen LogP contribution in [-0.4, -0.2) is 23.0 Å². The van der Waals surface area contributed by atoms with Gasteiger partial charge in [-0.15, -0.1) is 0 Å². The normalized spacial score (nSPS) is 25.7. The van der Waals surface area contributed by atoms with Crippen LogP contribution in [0.4, 0.5) is 17.6 Å². The van der Waals surface area contributed by atoms with Gasteiger partial charge in [0.15, 0.2) is 22.7 Å². The number of methoxy groups -OCH3 is 1. The number of halogens is 4. The Labute approximate surface area is 186 Å². The molecular weight excluding hydrogens is 438 g/mol. The second kappa shape index (κ2) is 7.58. The van der Waals surface area contributed by atoms with Crippen LogP contribution in [0.15, 0.2) is 35.3 Å². The van der Waals surface area contributed by atoms with Crippen LogP contribution in [0, 0.1) is 34.8 Å². The van der Waals surface area contributed by atoms with Crippen LogP contribution >= 0.6 is 0 Å². The van der Waals surface area contributed by atoms with Crippen LogP contribution in [0.2, 0.25) is 0 Å². The molecule has 5 nitrogen and oxygen atoms in total. The van der Waals surface area contributed by atoms with Crippen molar-refractivity contribution in [2.24, 2.45) is 11.8 Å². The predicted octanol–water partition coefficient (Wildman–Crippen LogP) is 5.01. The Bertz CT molecular complexity index is 1360. The van der Waals surface area contributed by atoms with Crippen LogP contribution in [0.3, 0.4) is 0 Å². The second-order valence-corrected chi connectivity index (χ2v) is 8.70. The molecule has 1 aromatic carbocycles. The summed E-state index contributed by atoms with van der Waals surface area (Å²) in [5.74, 6) is -8.10. The van der Waals surface area contributed by atoms with E-state index >= 15 is 0 Å². The summed E-state index contributed by atoms with van der Waals surface area (Å²) in [4.78, 5) is 19.9. The molecule has 2 fully saturated rings. The van der Waals surface area contributed by atoms with Crippen molar-refractivity contribution in [3.05, 3.63) is 69.3 Å². The molecule has 2 aromatic heterocycles. The number of fused-ring (bicyclic) bond motifs is 2. The number of rotatable bonds is 3. The lowest BCUT2D eigenvalue weighted by Crippen LogP contribution is -2.23. The van der Waals surface area contributed by atoms with Crippen molar-refractivity contribution in [3.8, 4) is 11.8 Å². The first-order valence-corrected chi connectivity index (χ1v) is 10.6. The molecule has 5 rings (SSSR count). The summed E-state index contributed by atoms with van der Waals surface area (Å²) in [7, 11) is 1.21. The van der Waals surface area contributed by atoms with Gasteiger partial charge in [0.1, 0.15) is 6.07 Å². The third-order valence-corrected chi connectivity index (χ3v) is 7.18. The van der Waals surface area contributed by atoms with Crippen molar-refractivity contribution < 1.29 is 22.3 Å². The number of aromatic nitrogens is 2. The Kier molecular flexibility index (Phi) is 4.92. The van der Waals surface area contributed by atoms with E-state index in [1.807, 2.05) is 6.07 Å². The molecule has 2 heterocycles. The molecule has 0 radical (unpaired) electrons. The van der Waals surface area contributed by atoms with E-state index < -0.39 is 46.7 Å². The molecule has 2 aliphatic rings. The summed E-state index contributed by atoms with van der Waals surface area (Å²) in [5.41, 5.74) is 0.589. The fourth-order valence-corrected chi connectivity index (χ4v) is 5.84. The summed E-state index contributed by atoms with van der Waals surface area (Å²) in [6, 6.07) is 7.07. The third kappa shape index (κ3) is 3.19. The van der Waals surface area contributed by atoms with E-state index in [1.165, 1.54) is 25.4 Å². The minimum atomic E-state index is -2.89. The molecule has 0 aliphatic heterocycles. The molecule has 9 heteroatoms. The maximum atomic E-state index is 14.8. The maximum absolute atomic E-state index is 14.8. The molecule has 3 aromatic rings. The fourth-order valence-electron chi connectivity index (χ4n) is 5.84. The third-order valence-electron chi connectivity index (χ3n) is 7.18. The molecule has 0 saturated heterocycles. The number of ether oxygens (including phenoxy) is 1. The molecule has 4 atom stereocenters. The highest BCUT2D eigenvalue weighted by Gasteiger charge is 2.59. The van der Waals surface area contributed by atoms with Gasteiger partial charge in [-0.3, -0.25) is 4.79 Å². The minimum Gasteiger partial charge on any atom is -0.493 e. The summed E-state index contributed by atoms with van der Waals surface area (Å²) in [5, 5.41) is 9.40. The topological polar surface area (TPSA) is 78.8 Å². The first-order valence-electron chi connectivity index (χ1n) is 10.6. The average molecular weight is 457 g/mol. The number of hydrogen-bond acceptors (Lipinski definition) is 4. The van der Waals surface area contributed by atoms with Crippen molar-refractivity contribution >= 4 is 10.9 Å². The molecule has 2 aliphatic carbocycles. The van der Waals surface area contributed by atoms with E-state index in [9.17, 15) is 27.6 Å². The average Bonchev–Trinajstić information content (AvgIpc) is 3.32. The molecule has 1 N–H and O–H groups in total. The number of aromatic amines is 1. The van der Waals surface area contributed by atoms with Gasteiger partial charge in [-0.05, 0) is 36.8 Å². The Morgan fingerprint density at radius 3 is 2.79 bits per heavy atom.